The molecule has 1 aromatic heterocycles. The first-order chi connectivity index (χ1) is 11.2. The second kappa shape index (κ2) is 9.37. The fraction of sp³-hybridized carbons (Fsp3) is 0.353. The van der Waals surface area contributed by atoms with E-state index >= 15 is 0 Å². The van der Waals surface area contributed by atoms with Gasteiger partial charge in [-0.15, -0.1) is 0 Å². The molecule has 124 valence electrons. The Morgan fingerprint density at radius 3 is 2.74 bits per heavy atom. The van der Waals surface area contributed by atoms with E-state index in [0.717, 1.165) is 35.3 Å². The van der Waals surface area contributed by atoms with E-state index in [2.05, 4.69) is 26.2 Å². The van der Waals surface area contributed by atoms with Gasteiger partial charge in [-0.3, -0.25) is 0 Å². The molecule has 23 heavy (non-hydrogen) atoms. The lowest BCUT2D eigenvalue weighted by atomic mass is 10.2. The third-order valence-electron chi connectivity index (χ3n) is 3.21. The maximum Gasteiger partial charge on any atom is 0.213 e. The van der Waals surface area contributed by atoms with E-state index in [-0.39, 0.29) is 0 Å². The van der Waals surface area contributed by atoms with E-state index in [4.69, 9.17) is 14.2 Å². The van der Waals surface area contributed by atoms with Crippen LogP contribution in [0.4, 0.5) is 0 Å². The van der Waals surface area contributed by atoms with Gasteiger partial charge in [0.1, 0.15) is 0 Å². The van der Waals surface area contributed by atoms with Crippen LogP contribution in [0.1, 0.15) is 12.0 Å². The molecule has 2 rings (SSSR count). The average molecular weight is 381 g/mol. The second-order valence-corrected chi connectivity index (χ2v) is 5.71. The molecule has 0 aliphatic heterocycles. The Balaban J connectivity index is 1.73. The first-order valence-corrected chi connectivity index (χ1v) is 8.19. The van der Waals surface area contributed by atoms with Crippen LogP contribution in [0.15, 0.2) is 41.0 Å². The summed E-state index contributed by atoms with van der Waals surface area (Å²) in [7, 11) is 3.26. The molecule has 0 radical (unpaired) electrons. The van der Waals surface area contributed by atoms with E-state index in [1.165, 1.54) is 0 Å². The zero-order chi connectivity index (χ0) is 16.5. The highest BCUT2D eigenvalue weighted by Crippen LogP contribution is 2.36. The van der Waals surface area contributed by atoms with E-state index in [1.54, 1.807) is 20.4 Å². The maximum absolute atomic E-state index is 5.55. The van der Waals surface area contributed by atoms with Crippen LogP contribution in [-0.2, 0) is 6.54 Å². The van der Waals surface area contributed by atoms with Gasteiger partial charge in [-0.1, -0.05) is 6.07 Å². The highest BCUT2D eigenvalue weighted by molar-refractivity contribution is 9.10. The summed E-state index contributed by atoms with van der Waals surface area (Å²) in [6.07, 6.45) is 2.63. The van der Waals surface area contributed by atoms with Crippen molar-refractivity contribution in [2.75, 3.05) is 27.4 Å². The van der Waals surface area contributed by atoms with Crippen molar-refractivity contribution in [2.45, 2.75) is 13.0 Å². The highest BCUT2D eigenvalue weighted by atomic mass is 79.9. The minimum Gasteiger partial charge on any atom is -0.493 e. The van der Waals surface area contributed by atoms with Crippen LogP contribution < -0.4 is 19.5 Å². The van der Waals surface area contributed by atoms with Gasteiger partial charge in [0.05, 0.1) is 25.3 Å². The minimum absolute atomic E-state index is 0.639. The lowest BCUT2D eigenvalue weighted by molar-refractivity contribution is 0.296. The number of hydrogen-bond acceptors (Lipinski definition) is 5. The lowest BCUT2D eigenvalue weighted by Gasteiger charge is -2.12. The fourth-order valence-corrected chi connectivity index (χ4v) is 2.76. The fourth-order valence-electron chi connectivity index (χ4n) is 2.11. The molecule has 0 saturated heterocycles. The van der Waals surface area contributed by atoms with Crippen LogP contribution in [0.3, 0.4) is 0 Å². The molecular formula is C17H21BrN2O3. The van der Waals surface area contributed by atoms with Gasteiger partial charge >= 0.3 is 0 Å². The van der Waals surface area contributed by atoms with E-state index in [9.17, 15) is 0 Å². The highest BCUT2D eigenvalue weighted by Gasteiger charge is 2.10. The summed E-state index contributed by atoms with van der Waals surface area (Å²) < 4.78 is 17.1. The maximum atomic E-state index is 5.55. The summed E-state index contributed by atoms with van der Waals surface area (Å²) in [6.45, 7) is 2.25. The van der Waals surface area contributed by atoms with Crippen LogP contribution >= 0.6 is 15.9 Å². The van der Waals surface area contributed by atoms with Crippen molar-refractivity contribution in [3.8, 4) is 17.4 Å². The zero-order valence-corrected chi connectivity index (χ0v) is 14.9. The number of halogens is 1. The van der Waals surface area contributed by atoms with Gasteiger partial charge in [-0.25, -0.2) is 4.98 Å². The van der Waals surface area contributed by atoms with E-state index in [0.29, 0.717) is 18.2 Å². The first-order valence-electron chi connectivity index (χ1n) is 7.39. The van der Waals surface area contributed by atoms with Gasteiger partial charge < -0.3 is 19.5 Å². The van der Waals surface area contributed by atoms with Gasteiger partial charge in [-0.05, 0) is 52.7 Å². The van der Waals surface area contributed by atoms with Crippen molar-refractivity contribution in [1.29, 1.82) is 0 Å². The van der Waals surface area contributed by atoms with Crippen molar-refractivity contribution >= 4 is 15.9 Å². The second-order valence-electron chi connectivity index (χ2n) is 4.86. The number of nitrogens with zero attached hydrogens (tertiary/aromatic N) is 1. The van der Waals surface area contributed by atoms with E-state index < -0.39 is 0 Å². The summed E-state index contributed by atoms with van der Waals surface area (Å²) in [5.74, 6) is 2.09. The smallest absolute Gasteiger partial charge is 0.213 e. The molecule has 0 spiro atoms. The molecule has 0 bridgehead atoms. The molecule has 0 saturated carbocycles. The number of benzene rings is 1. The number of aromatic nitrogens is 1. The molecule has 0 amide bonds. The monoisotopic (exact) mass is 380 g/mol. The van der Waals surface area contributed by atoms with Crippen molar-refractivity contribution in [1.82, 2.24) is 10.3 Å². The number of methoxy groups -OCH3 is 2. The number of pyridine rings is 1. The molecule has 0 atom stereocenters. The van der Waals surface area contributed by atoms with Crippen LogP contribution in [0.5, 0.6) is 17.4 Å². The topological polar surface area (TPSA) is 52.6 Å². The van der Waals surface area contributed by atoms with Crippen molar-refractivity contribution in [3.05, 3.63) is 46.6 Å². The normalized spacial score (nSPS) is 10.4. The molecule has 0 unspecified atom stereocenters. The van der Waals surface area contributed by atoms with Gasteiger partial charge in [-0.2, -0.15) is 0 Å². The Labute approximate surface area is 145 Å². The molecular weight excluding hydrogens is 360 g/mol. The number of nitrogens with one attached hydrogen (secondary N) is 1. The third kappa shape index (κ3) is 5.41. The van der Waals surface area contributed by atoms with Crippen LogP contribution in [0.2, 0.25) is 0 Å². The number of rotatable bonds is 9. The van der Waals surface area contributed by atoms with Crippen LogP contribution in [0.25, 0.3) is 0 Å². The number of hydrogen-bond donors (Lipinski definition) is 1. The largest absolute Gasteiger partial charge is 0.493 e. The lowest BCUT2D eigenvalue weighted by Crippen LogP contribution is -2.17. The Morgan fingerprint density at radius 1 is 1.17 bits per heavy atom. The van der Waals surface area contributed by atoms with Gasteiger partial charge in [0.25, 0.3) is 0 Å². The first kappa shape index (κ1) is 17.6. The van der Waals surface area contributed by atoms with Crippen molar-refractivity contribution < 1.29 is 14.2 Å². The summed E-state index contributed by atoms with van der Waals surface area (Å²) >= 11 is 3.50. The summed E-state index contributed by atoms with van der Waals surface area (Å²) in [5, 5.41) is 3.39. The third-order valence-corrected chi connectivity index (χ3v) is 3.80. The van der Waals surface area contributed by atoms with Crippen LogP contribution in [-0.4, -0.2) is 32.4 Å². The molecule has 5 nitrogen and oxygen atoms in total. The Morgan fingerprint density at radius 2 is 2.04 bits per heavy atom. The standard InChI is InChI=1S/C17H21BrN2O3/c1-21-15-11-13(10-14(18)17(15)22-2)12-19-7-5-9-23-16-6-3-4-8-20-16/h3-4,6,8,10-11,19H,5,7,9,12H2,1-2H3. The van der Waals surface area contributed by atoms with Crippen LogP contribution in [0, 0.1) is 0 Å². The molecule has 2 aromatic rings. The Kier molecular flexibility index (Phi) is 7.16. The predicted molar refractivity (Wildman–Crippen MR) is 93.3 cm³/mol. The Bertz CT molecular complexity index is 608. The van der Waals surface area contributed by atoms with Gasteiger partial charge in [0.2, 0.25) is 5.88 Å². The van der Waals surface area contributed by atoms with Crippen molar-refractivity contribution in [2.24, 2.45) is 0 Å². The molecule has 6 heteroatoms. The molecule has 1 heterocycles. The minimum atomic E-state index is 0.639. The summed E-state index contributed by atoms with van der Waals surface area (Å²) in [4.78, 5) is 4.12. The molecule has 0 aliphatic rings. The quantitative estimate of drug-likeness (QED) is 0.675. The van der Waals surface area contributed by atoms with Gasteiger partial charge in [0.15, 0.2) is 11.5 Å². The SMILES string of the molecule is COc1cc(CNCCCOc2ccccn2)cc(Br)c1OC. The number of ether oxygens (including phenoxy) is 3. The summed E-state index contributed by atoms with van der Waals surface area (Å²) in [5.41, 5.74) is 1.13. The Hall–Kier alpha value is -1.79. The average Bonchev–Trinajstić information content (AvgIpc) is 2.58. The molecule has 1 N–H and O–H groups in total. The predicted octanol–water partition coefficient (Wildman–Crippen LogP) is 3.42. The molecule has 0 aliphatic carbocycles. The van der Waals surface area contributed by atoms with E-state index in [1.807, 2.05) is 30.3 Å². The molecule has 0 fully saturated rings. The molecule has 1 aromatic carbocycles. The zero-order valence-electron chi connectivity index (χ0n) is 13.3. The van der Waals surface area contributed by atoms with Crippen molar-refractivity contribution in [3.63, 3.8) is 0 Å². The van der Waals surface area contributed by atoms with Gasteiger partial charge in [0, 0.05) is 18.8 Å². The summed E-state index contributed by atoms with van der Waals surface area (Å²) in [6, 6.07) is 9.64.